The summed E-state index contributed by atoms with van der Waals surface area (Å²) in [6.45, 7) is -0.114. The van der Waals surface area contributed by atoms with Crippen LogP contribution in [0.25, 0.3) is 22.2 Å². The summed E-state index contributed by atoms with van der Waals surface area (Å²) in [6.07, 6.45) is 2.74. The highest BCUT2D eigenvalue weighted by atomic mass is 19.3. The van der Waals surface area contributed by atoms with Gasteiger partial charge in [-0.15, -0.1) is 0 Å². The van der Waals surface area contributed by atoms with Gasteiger partial charge in [-0.1, -0.05) is 24.3 Å². The maximum absolute atomic E-state index is 15.0. The van der Waals surface area contributed by atoms with Crippen LogP contribution in [0.5, 0.6) is 5.75 Å². The number of aromatic nitrogens is 3. The van der Waals surface area contributed by atoms with Crippen LogP contribution >= 0.6 is 0 Å². The summed E-state index contributed by atoms with van der Waals surface area (Å²) >= 11 is 0. The summed E-state index contributed by atoms with van der Waals surface area (Å²) in [5.41, 5.74) is 1.27. The Hall–Kier alpha value is -3.42. The van der Waals surface area contributed by atoms with E-state index in [4.69, 9.17) is 4.74 Å². The number of fused-ring (bicyclic) bond motifs is 3. The van der Waals surface area contributed by atoms with Crippen molar-refractivity contribution >= 4 is 11.0 Å². The molecule has 0 aliphatic carbocycles. The van der Waals surface area contributed by atoms with Gasteiger partial charge in [-0.2, -0.15) is 8.78 Å². The second-order valence-electron chi connectivity index (χ2n) is 8.59. The van der Waals surface area contributed by atoms with Gasteiger partial charge in [0.1, 0.15) is 23.1 Å². The molecule has 1 aliphatic heterocycles. The van der Waals surface area contributed by atoms with E-state index >= 15 is 0 Å². The molecule has 4 aromatic rings. The van der Waals surface area contributed by atoms with Crippen molar-refractivity contribution in [2.45, 2.75) is 45.0 Å². The Kier molecular flexibility index (Phi) is 5.11. The third kappa shape index (κ3) is 3.83. The highest BCUT2D eigenvalue weighted by Crippen LogP contribution is 2.41. The number of alkyl halides is 3. The van der Waals surface area contributed by atoms with Gasteiger partial charge in [-0.25, -0.2) is 13.8 Å². The van der Waals surface area contributed by atoms with Crippen molar-refractivity contribution < 1.29 is 22.3 Å². The van der Waals surface area contributed by atoms with Gasteiger partial charge in [0.25, 0.3) is 0 Å². The molecule has 1 aliphatic rings. The van der Waals surface area contributed by atoms with Gasteiger partial charge in [-0.3, -0.25) is 4.98 Å². The summed E-state index contributed by atoms with van der Waals surface area (Å²) in [5.74, 6) is 0.403. The second-order valence-corrected chi connectivity index (χ2v) is 8.59. The van der Waals surface area contributed by atoms with Crippen LogP contribution in [-0.2, 0) is 12.1 Å². The monoisotopic (exact) mass is 455 g/mol. The second kappa shape index (κ2) is 7.86. The first-order valence-corrected chi connectivity index (χ1v) is 10.6. The minimum atomic E-state index is -2.93. The van der Waals surface area contributed by atoms with Gasteiger partial charge < -0.3 is 9.30 Å². The van der Waals surface area contributed by atoms with Gasteiger partial charge in [0.05, 0.1) is 22.8 Å². The number of halogens is 4. The van der Waals surface area contributed by atoms with E-state index in [1.54, 1.807) is 36.4 Å². The summed E-state index contributed by atoms with van der Waals surface area (Å²) in [7, 11) is 0. The van der Waals surface area contributed by atoms with E-state index in [0.29, 0.717) is 40.6 Å². The number of rotatable bonds is 5. The van der Waals surface area contributed by atoms with Crippen LogP contribution < -0.4 is 4.74 Å². The molecule has 0 spiro atoms. The van der Waals surface area contributed by atoms with Crippen molar-refractivity contribution in [3.63, 3.8) is 0 Å². The Morgan fingerprint density at radius 2 is 1.91 bits per heavy atom. The zero-order chi connectivity index (χ0) is 23.3. The molecule has 0 N–H and O–H groups in total. The molecule has 0 radical (unpaired) electrons. The molecular weight excluding hydrogens is 434 g/mol. The number of aryl methyl sites for hydroxylation is 1. The fourth-order valence-electron chi connectivity index (χ4n) is 4.46. The minimum Gasteiger partial charge on any atom is -0.434 e. The predicted octanol–water partition coefficient (Wildman–Crippen LogP) is 6.58. The zero-order valence-electron chi connectivity index (χ0n) is 18.0. The van der Waals surface area contributed by atoms with Gasteiger partial charge >= 0.3 is 6.61 Å². The highest BCUT2D eigenvalue weighted by Gasteiger charge is 2.30. The molecule has 3 heterocycles. The zero-order valence-corrected chi connectivity index (χ0v) is 18.0. The number of hydrogen-bond acceptors (Lipinski definition) is 3. The van der Waals surface area contributed by atoms with E-state index in [1.807, 2.05) is 4.57 Å². The van der Waals surface area contributed by atoms with Crippen molar-refractivity contribution in [2.24, 2.45) is 0 Å². The van der Waals surface area contributed by atoms with Gasteiger partial charge in [-0.05, 0) is 38.5 Å². The van der Waals surface area contributed by atoms with Crippen LogP contribution in [0.15, 0.2) is 54.7 Å². The quantitative estimate of drug-likeness (QED) is 0.319. The van der Waals surface area contributed by atoms with E-state index in [1.165, 1.54) is 32.2 Å². The number of para-hydroxylation sites is 1. The molecule has 0 saturated heterocycles. The van der Waals surface area contributed by atoms with E-state index in [-0.39, 0.29) is 17.5 Å². The Morgan fingerprint density at radius 3 is 2.61 bits per heavy atom. The summed E-state index contributed by atoms with van der Waals surface area (Å²) in [4.78, 5) is 8.73. The fraction of sp³-hybridized carbons (Fsp3) is 0.280. The van der Waals surface area contributed by atoms with Crippen molar-refractivity contribution in [3.8, 4) is 16.9 Å². The topological polar surface area (TPSA) is 39.9 Å². The van der Waals surface area contributed by atoms with E-state index in [2.05, 4.69) is 9.97 Å². The molecule has 2 aromatic carbocycles. The maximum atomic E-state index is 15.0. The van der Waals surface area contributed by atoms with Gasteiger partial charge in [0.15, 0.2) is 0 Å². The first-order valence-electron chi connectivity index (χ1n) is 10.6. The Bertz CT molecular complexity index is 1330. The molecule has 4 nitrogen and oxygen atoms in total. The van der Waals surface area contributed by atoms with E-state index < -0.39 is 18.1 Å². The van der Waals surface area contributed by atoms with Crippen LogP contribution in [0.3, 0.4) is 0 Å². The smallest absolute Gasteiger partial charge is 0.387 e. The summed E-state index contributed by atoms with van der Waals surface area (Å²) in [5, 5.41) is 0. The molecule has 5 rings (SSSR count). The average molecular weight is 455 g/mol. The fourth-order valence-corrected chi connectivity index (χ4v) is 4.46. The number of nitrogens with zero attached hydrogens (tertiary/aromatic N) is 3. The lowest BCUT2D eigenvalue weighted by Gasteiger charge is -2.19. The largest absolute Gasteiger partial charge is 0.434 e. The first-order chi connectivity index (χ1) is 15.7. The minimum absolute atomic E-state index is 0.114. The Balaban J connectivity index is 1.61. The van der Waals surface area contributed by atoms with Crippen LogP contribution in [-0.4, -0.2) is 21.1 Å². The lowest BCUT2D eigenvalue weighted by atomic mass is 10.0. The lowest BCUT2D eigenvalue weighted by molar-refractivity contribution is -0.0506. The molecule has 33 heavy (non-hydrogen) atoms. The average Bonchev–Trinajstić information content (AvgIpc) is 3.31. The van der Waals surface area contributed by atoms with Crippen molar-refractivity contribution in [1.29, 1.82) is 0 Å². The molecule has 1 unspecified atom stereocenters. The molecule has 1 atom stereocenters. The lowest BCUT2D eigenvalue weighted by Crippen LogP contribution is -2.11. The highest BCUT2D eigenvalue weighted by molar-refractivity contribution is 5.83. The molecule has 2 aromatic heterocycles. The number of imidazole rings is 1. The number of benzene rings is 2. The molecule has 0 saturated carbocycles. The maximum Gasteiger partial charge on any atom is 0.387 e. The third-order valence-electron chi connectivity index (χ3n) is 5.98. The van der Waals surface area contributed by atoms with Crippen molar-refractivity contribution in [2.75, 3.05) is 0 Å². The van der Waals surface area contributed by atoms with E-state index in [9.17, 15) is 17.6 Å². The SMILES string of the molecule is CC(C)(F)c1ccc(-c2cc3c(cc2F)nc2n3C(c3ccccc3OC(F)F)CC2)cn1. The molecule has 170 valence electrons. The predicted molar refractivity (Wildman–Crippen MR) is 117 cm³/mol. The van der Waals surface area contributed by atoms with Crippen LogP contribution in [0.2, 0.25) is 0 Å². The number of pyridine rings is 1. The Morgan fingerprint density at radius 1 is 1.12 bits per heavy atom. The van der Waals surface area contributed by atoms with Crippen LogP contribution in [0.1, 0.15) is 43.4 Å². The van der Waals surface area contributed by atoms with E-state index in [0.717, 1.165) is 5.82 Å². The molecular formula is C25H21F4N3O. The molecule has 0 bridgehead atoms. The van der Waals surface area contributed by atoms with Crippen LogP contribution in [0, 0.1) is 5.82 Å². The first kappa shape index (κ1) is 21.4. The number of ether oxygens (including phenoxy) is 1. The molecule has 0 amide bonds. The standard InChI is InChI=1S/C25H21F4N3O/c1-25(2,29)22-9-7-14(13-30-22)16-11-20-18(12-17(16)26)31-23-10-8-19(32(20)23)15-5-3-4-6-21(15)33-24(27)28/h3-7,9,11-13,19,24H,8,10H2,1-2H3. The number of hydrogen-bond donors (Lipinski definition) is 0. The third-order valence-corrected chi connectivity index (χ3v) is 5.98. The summed E-state index contributed by atoms with van der Waals surface area (Å²) < 4.78 is 61.7. The Labute approximate surface area is 187 Å². The van der Waals surface area contributed by atoms with Gasteiger partial charge in [0, 0.05) is 35.4 Å². The van der Waals surface area contributed by atoms with Crippen LogP contribution in [0.4, 0.5) is 17.6 Å². The summed E-state index contributed by atoms with van der Waals surface area (Å²) in [6, 6.07) is 12.7. The molecule has 8 heteroatoms. The van der Waals surface area contributed by atoms with Crippen molar-refractivity contribution in [3.05, 3.63) is 77.6 Å². The van der Waals surface area contributed by atoms with Crippen molar-refractivity contribution in [1.82, 2.24) is 14.5 Å². The van der Waals surface area contributed by atoms with Gasteiger partial charge in [0.2, 0.25) is 0 Å². The normalized spacial score (nSPS) is 15.9. The molecule has 0 fully saturated rings.